The third-order valence-corrected chi connectivity index (χ3v) is 6.01. The van der Waals surface area contributed by atoms with E-state index < -0.39 is 0 Å². The first-order valence-electron chi connectivity index (χ1n) is 11.7. The minimum Gasteiger partial charge on any atom is -0.393 e. The Hall–Kier alpha value is -3.12. The highest BCUT2D eigenvalue weighted by molar-refractivity contribution is 6.10. The number of aromatic nitrogens is 1. The van der Waals surface area contributed by atoms with Crippen molar-refractivity contribution < 1.29 is 5.11 Å². The van der Waals surface area contributed by atoms with Crippen molar-refractivity contribution in [1.82, 2.24) is 10.3 Å². The van der Waals surface area contributed by atoms with E-state index >= 15 is 0 Å². The summed E-state index contributed by atoms with van der Waals surface area (Å²) >= 11 is 0. The monoisotopic (exact) mass is 448 g/mol. The van der Waals surface area contributed by atoms with Crippen molar-refractivity contribution in [3.63, 3.8) is 0 Å². The van der Waals surface area contributed by atoms with Crippen LogP contribution in [0.1, 0.15) is 53.3 Å². The molecule has 176 valence electrons. The molecule has 2 aromatic rings. The van der Waals surface area contributed by atoms with Crippen molar-refractivity contribution in [3.8, 4) is 0 Å². The van der Waals surface area contributed by atoms with Crippen molar-refractivity contribution in [2.45, 2.75) is 53.1 Å². The normalized spacial score (nSPS) is 19.5. The zero-order chi connectivity index (χ0) is 23.8. The zero-order valence-electron chi connectivity index (χ0n) is 20.2. The van der Waals surface area contributed by atoms with E-state index in [2.05, 4.69) is 46.6 Å². The van der Waals surface area contributed by atoms with Gasteiger partial charge in [0.15, 0.2) is 0 Å². The first kappa shape index (κ1) is 24.5. The van der Waals surface area contributed by atoms with Gasteiger partial charge in [-0.3, -0.25) is 9.79 Å². The molecule has 6 heteroatoms. The van der Waals surface area contributed by atoms with Crippen LogP contribution in [0.3, 0.4) is 0 Å². The van der Waals surface area contributed by atoms with Crippen molar-refractivity contribution in [2.75, 3.05) is 25.0 Å². The second-order valence-corrected chi connectivity index (χ2v) is 8.66. The molecule has 1 aromatic carbocycles. The topological polar surface area (TPSA) is 89.5 Å². The van der Waals surface area contributed by atoms with Crippen LogP contribution in [0, 0.1) is 20.8 Å². The van der Waals surface area contributed by atoms with Crippen LogP contribution in [-0.4, -0.2) is 42.0 Å². The number of allylic oxidation sites excluding steroid dienone is 3. The first-order chi connectivity index (χ1) is 15.9. The van der Waals surface area contributed by atoms with Crippen LogP contribution < -0.4 is 16.2 Å². The molecule has 33 heavy (non-hydrogen) atoms. The number of aliphatic hydroxyl groups is 1. The molecule has 1 aliphatic rings. The van der Waals surface area contributed by atoms with Gasteiger partial charge < -0.3 is 20.7 Å². The minimum absolute atomic E-state index is 0.0262. The van der Waals surface area contributed by atoms with E-state index in [-0.39, 0.29) is 11.7 Å². The average Bonchev–Trinajstić information content (AvgIpc) is 2.75. The summed E-state index contributed by atoms with van der Waals surface area (Å²) in [5.41, 5.74) is 7.99. The molecule has 0 saturated heterocycles. The predicted molar refractivity (Wildman–Crippen MR) is 138 cm³/mol. The number of aliphatic imine (C=N–C) groups is 1. The van der Waals surface area contributed by atoms with Crippen LogP contribution in [0.5, 0.6) is 0 Å². The highest BCUT2D eigenvalue weighted by Gasteiger charge is 2.13. The molecule has 4 N–H and O–H groups in total. The summed E-state index contributed by atoms with van der Waals surface area (Å²) in [6.07, 6.45) is 9.36. The fourth-order valence-electron chi connectivity index (χ4n) is 4.09. The first-order valence-corrected chi connectivity index (χ1v) is 11.7. The molecule has 2 heterocycles. The standard InChI is InChI=1S/C27H36N4O2/c1-5-30-26-16-23(21-7-6-10-28-11-8-24(32)9-12-29-17-21)14-22(20(26)4)15-25-18(2)13-19(3)31-27(25)33/h6-7,10,13-14,16-17,24,28,30,32H,5,8-9,11-12,15H2,1-4H3,(H,31,33)/b10-6+,21-7+,29-17?. The molecule has 0 amide bonds. The van der Waals surface area contributed by atoms with Crippen LogP contribution in [-0.2, 0) is 6.42 Å². The summed E-state index contributed by atoms with van der Waals surface area (Å²) in [7, 11) is 0. The van der Waals surface area contributed by atoms with Crippen molar-refractivity contribution >= 4 is 17.5 Å². The number of anilines is 1. The van der Waals surface area contributed by atoms with E-state index in [4.69, 9.17) is 0 Å². The highest BCUT2D eigenvalue weighted by Crippen LogP contribution is 2.28. The number of rotatable bonds is 5. The predicted octanol–water partition coefficient (Wildman–Crippen LogP) is 4.03. The SMILES string of the molecule is CCNc1cc(/C2=C/C=C/NCCC(O)CCN=C2)cc(Cc2c(C)cc(C)[nH]c2=O)c1C. The number of H-pyrrole nitrogens is 1. The molecule has 0 aliphatic carbocycles. The van der Waals surface area contributed by atoms with Gasteiger partial charge in [-0.2, -0.15) is 0 Å². The van der Waals surface area contributed by atoms with Crippen molar-refractivity contribution in [2.24, 2.45) is 4.99 Å². The lowest BCUT2D eigenvalue weighted by Gasteiger charge is -2.17. The Kier molecular flexibility index (Phi) is 8.66. The van der Waals surface area contributed by atoms with Gasteiger partial charge in [-0.25, -0.2) is 0 Å². The van der Waals surface area contributed by atoms with Gasteiger partial charge in [0.2, 0.25) is 0 Å². The van der Waals surface area contributed by atoms with E-state index in [1.54, 1.807) is 0 Å². The summed E-state index contributed by atoms with van der Waals surface area (Å²) in [6, 6.07) is 6.33. The Bertz CT molecular complexity index is 1110. The van der Waals surface area contributed by atoms with Crippen LogP contribution in [0.25, 0.3) is 5.57 Å². The van der Waals surface area contributed by atoms with Gasteiger partial charge in [0.05, 0.1) is 6.10 Å². The molecule has 0 bridgehead atoms. The Morgan fingerprint density at radius 3 is 2.76 bits per heavy atom. The molecule has 1 aliphatic heterocycles. The zero-order valence-corrected chi connectivity index (χ0v) is 20.2. The Labute approximate surface area is 196 Å². The molecule has 0 radical (unpaired) electrons. The maximum Gasteiger partial charge on any atom is 0.251 e. The van der Waals surface area contributed by atoms with Crippen LogP contribution in [0.15, 0.2) is 46.3 Å². The number of nitrogens with zero attached hydrogens (tertiary/aromatic N) is 1. The molecule has 0 saturated carbocycles. The number of aliphatic hydroxyl groups excluding tert-OH is 1. The largest absolute Gasteiger partial charge is 0.393 e. The fraction of sp³-hybridized carbons (Fsp3) is 0.407. The number of aryl methyl sites for hydroxylation is 2. The molecule has 0 spiro atoms. The number of nitrogens with one attached hydrogen (secondary N) is 3. The molecule has 1 unspecified atom stereocenters. The number of hydrogen-bond acceptors (Lipinski definition) is 5. The molecule has 0 fully saturated rings. The Morgan fingerprint density at radius 2 is 2.00 bits per heavy atom. The molecular formula is C27H36N4O2. The summed E-state index contributed by atoms with van der Waals surface area (Å²) in [5.74, 6) is 0. The lowest BCUT2D eigenvalue weighted by Crippen LogP contribution is -2.17. The lowest BCUT2D eigenvalue weighted by molar-refractivity contribution is 0.158. The molecule has 1 aromatic heterocycles. The van der Waals surface area contributed by atoms with E-state index in [9.17, 15) is 9.90 Å². The third kappa shape index (κ3) is 6.68. The summed E-state index contributed by atoms with van der Waals surface area (Å²) < 4.78 is 0. The molecule has 3 rings (SSSR count). The second kappa shape index (κ2) is 11.7. The smallest absolute Gasteiger partial charge is 0.251 e. The quantitative estimate of drug-likeness (QED) is 0.556. The summed E-state index contributed by atoms with van der Waals surface area (Å²) in [5, 5.41) is 16.8. The van der Waals surface area contributed by atoms with Gasteiger partial charge in [-0.15, -0.1) is 0 Å². The van der Waals surface area contributed by atoms with Gasteiger partial charge >= 0.3 is 0 Å². The number of hydrogen-bond donors (Lipinski definition) is 4. The highest BCUT2D eigenvalue weighted by atomic mass is 16.3. The molecular weight excluding hydrogens is 412 g/mol. The van der Waals surface area contributed by atoms with Crippen molar-refractivity contribution in [3.05, 3.63) is 80.4 Å². The number of pyridine rings is 1. The summed E-state index contributed by atoms with van der Waals surface area (Å²) in [6.45, 7) is 10.2. The van der Waals surface area contributed by atoms with Gasteiger partial charge in [-0.1, -0.05) is 12.1 Å². The average molecular weight is 449 g/mol. The number of benzene rings is 1. The number of aromatic amines is 1. The fourth-order valence-corrected chi connectivity index (χ4v) is 4.09. The van der Waals surface area contributed by atoms with Gasteiger partial charge in [0.25, 0.3) is 5.56 Å². The van der Waals surface area contributed by atoms with Gasteiger partial charge in [0, 0.05) is 49.2 Å². The Balaban J connectivity index is 2.05. The van der Waals surface area contributed by atoms with Crippen LogP contribution in [0.4, 0.5) is 5.69 Å². The molecule has 6 nitrogen and oxygen atoms in total. The lowest BCUT2D eigenvalue weighted by atomic mass is 9.93. The van der Waals surface area contributed by atoms with E-state index in [1.165, 1.54) is 0 Å². The maximum absolute atomic E-state index is 12.7. The van der Waals surface area contributed by atoms with E-state index in [0.29, 0.717) is 25.8 Å². The van der Waals surface area contributed by atoms with E-state index in [1.807, 2.05) is 44.5 Å². The molecule has 1 atom stereocenters. The van der Waals surface area contributed by atoms with Crippen molar-refractivity contribution in [1.29, 1.82) is 0 Å². The van der Waals surface area contributed by atoms with Crippen LogP contribution >= 0.6 is 0 Å². The third-order valence-electron chi connectivity index (χ3n) is 6.01. The summed E-state index contributed by atoms with van der Waals surface area (Å²) in [4.78, 5) is 20.2. The van der Waals surface area contributed by atoms with E-state index in [0.717, 1.165) is 57.9 Å². The van der Waals surface area contributed by atoms with Gasteiger partial charge in [0.1, 0.15) is 0 Å². The van der Waals surface area contributed by atoms with Gasteiger partial charge in [-0.05, 0) is 92.8 Å². The van der Waals surface area contributed by atoms with Crippen LogP contribution in [0.2, 0.25) is 0 Å². The Morgan fingerprint density at radius 1 is 1.18 bits per heavy atom. The second-order valence-electron chi connectivity index (χ2n) is 8.66. The minimum atomic E-state index is -0.350. The maximum atomic E-state index is 12.7.